The monoisotopic (exact) mass is 365 g/mol. The lowest BCUT2D eigenvalue weighted by Crippen LogP contribution is -2.51. The van der Waals surface area contributed by atoms with Crippen LogP contribution >= 0.6 is 15.9 Å². The Morgan fingerprint density at radius 2 is 1.86 bits per heavy atom. The predicted octanol–water partition coefficient (Wildman–Crippen LogP) is 2.19. The first kappa shape index (κ1) is 15.3. The summed E-state index contributed by atoms with van der Waals surface area (Å²) in [6.45, 7) is 8.97. The van der Waals surface area contributed by atoms with Gasteiger partial charge >= 0.3 is 0 Å². The zero-order chi connectivity index (χ0) is 15.9. The van der Waals surface area contributed by atoms with Crippen LogP contribution in [0.5, 0.6) is 0 Å². The molecule has 7 heteroatoms. The fourth-order valence-electron chi connectivity index (χ4n) is 2.62. The number of hydrogen-bond donors (Lipinski definition) is 0. The lowest BCUT2D eigenvalue weighted by Gasteiger charge is -2.38. The Morgan fingerprint density at radius 1 is 1.18 bits per heavy atom. The molecular formula is C15H20BrN5O. The van der Waals surface area contributed by atoms with Crippen molar-refractivity contribution in [2.24, 2.45) is 5.41 Å². The second kappa shape index (κ2) is 5.53. The first-order valence-corrected chi connectivity index (χ1v) is 8.20. The van der Waals surface area contributed by atoms with Gasteiger partial charge in [0.25, 0.3) is 0 Å². The summed E-state index contributed by atoms with van der Waals surface area (Å²) in [5.41, 5.74) is 0.498. The third-order valence-electron chi connectivity index (χ3n) is 3.84. The van der Waals surface area contributed by atoms with Gasteiger partial charge in [0.15, 0.2) is 5.65 Å². The predicted molar refractivity (Wildman–Crippen MR) is 88.9 cm³/mol. The molecule has 2 aromatic heterocycles. The summed E-state index contributed by atoms with van der Waals surface area (Å²) in [6, 6.07) is 3.94. The molecule has 1 amide bonds. The highest BCUT2D eigenvalue weighted by Gasteiger charge is 2.30. The van der Waals surface area contributed by atoms with Crippen LogP contribution in [0.4, 0.5) is 5.82 Å². The summed E-state index contributed by atoms with van der Waals surface area (Å²) in [6.07, 6.45) is 1.74. The number of nitrogens with zero attached hydrogens (tertiary/aromatic N) is 5. The molecule has 22 heavy (non-hydrogen) atoms. The summed E-state index contributed by atoms with van der Waals surface area (Å²) >= 11 is 3.44. The number of imidazole rings is 1. The van der Waals surface area contributed by atoms with E-state index in [1.807, 2.05) is 37.8 Å². The van der Waals surface area contributed by atoms with Crippen LogP contribution in [-0.2, 0) is 4.79 Å². The average molecular weight is 366 g/mol. The molecule has 0 N–H and O–H groups in total. The maximum Gasteiger partial charge on any atom is 0.228 e. The fraction of sp³-hybridized carbons (Fsp3) is 0.533. The molecule has 3 heterocycles. The fourth-order valence-corrected chi connectivity index (χ4v) is 2.98. The molecule has 1 aliphatic heterocycles. The molecule has 0 aromatic carbocycles. The minimum Gasteiger partial charge on any atom is -0.352 e. The SMILES string of the molecule is CC(C)(C)C(=O)N1CCN(c2ccc3ncc(Br)n3n2)CC1. The molecule has 0 bridgehead atoms. The number of carbonyl (C=O) groups excluding carboxylic acids is 1. The summed E-state index contributed by atoms with van der Waals surface area (Å²) in [7, 11) is 0. The summed E-state index contributed by atoms with van der Waals surface area (Å²) in [4.78, 5) is 20.7. The largest absolute Gasteiger partial charge is 0.352 e. The third-order valence-corrected chi connectivity index (χ3v) is 4.38. The topological polar surface area (TPSA) is 53.7 Å². The Balaban J connectivity index is 1.72. The summed E-state index contributed by atoms with van der Waals surface area (Å²) in [5.74, 6) is 1.13. The lowest BCUT2D eigenvalue weighted by molar-refractivity contribution is -0.139. The van der Waals surface area contributed by atoms with E-state index in [0.29, 0.717) is 0 Å². The van der Waals surface area contributed by atoms with Gasteiger partial charge in [0.2, 0.25) is 5.91 Å². The van der Waals surface area contributed by atoms with Crippen LogP contribution in [0.15, 0.2) is 22.9 Å². The van der Waals surface area contributed by atoms with Gasteiger partial charge in [0.05, 0.1) is 6.20 Å². The molecular weight excluding hydrogens is 346 g/mol. The smallest absolute Gasteiger partial charge is 0.228 e. The van der Waals surface area contributed by atoms with Gasteiger partial charge in [-0.15, -0.1) is 5.10 Å². The van der Waals surface area contributed by atoms with Gasteiger partial charge in [-0.3, -0.25) is 4.79 Å². The molecule has 1 saturated heterocycles. The van der Waals surface area contributed by atoms with E-state index < -0.39 is 0 Å². The molecule has 3 rings (SSSR count). The Kier molecular flexibility index (Phi) is 3.84. The first-order chi connectivity index (χ1) is 10.4. The highest BCUT2D eigenvalue weighted by Crippen LogP contribution is 2.21. The van der Waals surface area contributed by atoms with Crippen molar-refractivity contribution >= 4 is 33.3 Å². The minimum absolute atomic E-state index is 0.216. The second-order valence-corrected chi connectivity index (χ2v) is 7.38. The number of aromatic nitrogens is 3. The van der Waals surface area contributed by atoms with Crippen LogP contribution in [0.25, 0.3) is 5.65 Å². The Hall–Kier alpha value is -1.63. The van der Waals surface area contributed by atoms with Crippen LogP contribution in [0.2, 0.25) is 0 Å². The molecule has 1 aliphatic rings. The number of hydrogen-bond acceptors (Lipinski definition) is 4. The van der Waals surface area contributed by atoms with Crippen LogP contribution in [-0.4, -0.2) is 51.6 Å². The zero-order valence-corrected chi connectivity index (χ0v) is 14.7. The quantitative estimate of drug-likeness (QED) is 0.777. The summed E-state index contributed by atoms with van der Waals surface area (Å²) < 4.78 is 2.62. The molecule has 0 unspecified atom stereocenters. The maximum atomic E-state index is 12.3. The van der Waals surface area contributed by atoms with Crippen LogP contribution in [0, 0.1) is 5.41 Å². The molecule has 0 radical (unpaired) electrons. The number of piperazine rings is 1. The Labute approximate surface area is 138 Å². The standard InChI is InChI=1S/C15H20BrN5O/c1-15(2,3)14(22)20-8-6-19(7-9-20)13-5-4-12-17-10-11(16)21(12)18-13/h4-5,10H,6-9H2,1-3H3. The van der Waals surface area contributed by atoms with Crippen LogP contribution in [0.3, 0.4) is 0 Å². The van der Waals surface area contributed by atoms with Crippen molar-refractivity contribution in [3.05, 3.63) is 22.9 Å². The van der Waals surface area contributed by atoms with Crippen molar-refractivity contribution in [1.29, 1.82) is 0 Å². The first-order valence-electron chi connectivity index (χ1n) is 7.41. The Morgan fingerprint density at radius 3 is 2.50 bits per heavy atom. The minimum atomic E-state index is -0.318. The average Bonchev–Trinajstić information content (AvgIpc) is 2.87. The number of halogens is 1. The molecule has 118 valence electrons. The second-order valence-electron chi connectivity index (χ2n) is 6.57. The normalized spacial score (nSPS) is 16.4. The van der Waals surface area contributed by atoms with Crippen molar-refractivity contribution in [3.63, 3.8) is 0 Å². The number of carbonyl (C=O) groups is 1. The van der Waals surface area contributed by atoms with Gasteiger partial charge < -0.3 is 9.80 Å². The molecule has 0 spiro atoms. The van der Waals surface area contributed by atoms with E-state index in [1.54, 1.807) is 10.7 Å². The molecule has 0 saturated carbocycles. The van der Waals surface area contributed by atoms with Crippen LogP contribution < -0.4 is 4.90 Å². The highest BCUT2D eigenvalue weighted by molar-refractivity contribution is 9.10. The summed E-state index contributed by atoms with van der Waals surface area (Å²) in [5, 5.41) is 4.61. The molecule has 1 fully saturated rings. The van der Waals surface area contributed by atoms with Gasteiger partial charge in [0, 0.05) is 31.6 Å². The van der Waals surface area contributed by atoms with E-state index >= 15 is 0 Å². The number of fused-ring (bicyclic) bond motifs is 1. The van der Waals surface area contributed by atoms with E-state index in [1.165, 1.54) is 0 Å². The zero-order valence-electron chi connectivity index (χ0n) is 13.1. The van der Waals surface area contributed by atoms with Crippen molar-refractivity contribution in [1.82, 2.24) is 19.5 Å². The third kappa shape index (κ3) is 2.82. The van der Waals surface area contributed by atoms with E-state index in [9.17, 15) is 4.79 Å². The highest BCUT2D eigenvalue weighted by atomic mass is 79.9. The lowest BCUT2D eigenvalue weighted by atomic mass is 9.94. The molecule has 6 nitrogen and oxygen atoms in total. The van der Waals surface area contributed by atoms with Crippen molar-refractivity contribution in [2.75, 3.05) is 31.1 Å². The van der Waals surface area contributed by atoms with Crippen molar-refractivity contribution < 1.29 is 4.79 Å². The molecule has 2 aromatic rings. The van der Waals surface area contributed by atoms with E-state index in [-0.39, 0.29) is 11.3 Å². The van der Waals surface area contributed by atoms with Gasteiger partial charge in [0.1, 0.15) is 10.4 Å². The van der Waals surface area contributed by atoms with Crippen LogP contribution in [0.1, 0.15) is 20.8 Å². The Bertz CT molecular complexity index is 698. The van der Waals surface area contributed by atoms with Crippen molar-refractivity contribution in [3.8, 4) is 0 Å². The number of anilines is 1. The number of rotatable bonds is 1. The molecule has 0 aliphatic carbocycles. The van der Waals surface area contributed by atoms with Gasteiger partial charge in [-0.05, 0) is 28.1 Å². The van der Waals surface area contributed by atoms with Gasteiger partial charge in [-0.1, -0.05) is 20.8 Å². The molecule has 0 atom stereocenters. The van der Waals surface area contributed by atoms with Gasteiger partial charge in [-0.2, -0.15) is 0 Å². The van der Waals surface area contributed by atoms with E-state index in [2.05, 4.69) is 30.9 Å². The van der Waals surface area contributed by atoms with E-state index in [0.717, 1.165) is 42.2 Å². The maximum absolute atomic E-state index is 12.3. The van der Waals surface area contributed by atoms with Gasteiger partial charge in [-0.25, -0.2) is 9.50 Å². The number of amides is 1. The van der Waals surface area contributed by atoms with Crippen molar-refractivity contribution in [2.45, 2.75) is 20.8 Å². The van der Waals surface area contributed by atoms with E-state index in [4.69, 9.17) is 0 Å².